The van der Waals surface area contributed by atoms with Gasteiger partial charge in [-0.1, -0.05) is 31.8 Å². The summed E-state index contributed by atoms with van der Waals surface area (Å²) < 4.78 is 20.0. The standard InChI is InChI=1S/C19H26FNO2/c1-12(2)11-19-7-5-4-6-13(18(19)21-22)8-15-16(19)9-14(23-3)10-17(15)20/h9-10,12-13,22H,4-8,11H2,1-3H3/b21-18-. The van der Waals surface area contributed by atoms with E-state index in [0.29, 0.717) is 18.1 Å². The van der Waals surface area contributed by atoms with Crippen molar-refractivity contribution in [2.75, 3.05) is 7.11 Å². The zero-order chi connectivity index (χ0) is 16.6. The van der Waals surface area contributed by atoms with Gasteiger partial charge in [0.25, 0.3) is 0 Å². The molecule has 4 heteroatoms. The fourth-order valence-corrected chi connectivity index (χ4v) is 4.75. The third-order valence-corrected chi connectivity index (χ3v) is 5.52. The van der Waals surface area contributed by atoms with E-state index in [4.69, 9.17) is 4.74 Å². The highest BCUT2D eigenvalue weighted by atomic mass is 19.1. The largest absolute Gasteiger partial charge is 0.497 e. The maximum absolute atomic E-state index is 14.7. The molecule has 23 heavy (non-hydrogen) atoms. The zero-order valence-electron chi connectivity index (χ0n) is 14.2. The van der Waals surface area contributed by atoms with Crippen LogP contribution in [0.25, 0.3) is 0 Å². The van der Waals surface area contributed by atoms with Crippen molar-refractivity contribution in [3.05, 3.63) is 29.1 Å². The summed E-state index contributed by atoms with van der Waals surface area (Å²) in [4.78, 5) is 0. The smallest absolute Gasteiger partial charge is 0.130 e. The van der Waals surface area contributed by atoms with E-state index in [9.17, 15) is 9.60 Å². The van der Waals surface area contributed by atoms with Gasteiger partial charge in [-0.15, -0.1) is 0 Å². The van der Waals surface area contributed by atoms with Crippen LogP contribution in [0.4, 0.5) is 4.39 Å². The van der Waals surface area contributed by atoms with Crippen LogP contribution >= 0.6 is 0 Å². The van der Waals surface area contributed by atoms with E-state index in [1.807, 2.05) is 6.07 Å². The fourth-order valence-electron chi connectivity index (χ4n) is 4.75. The quantitative estimate of drug-likeness (QED) is 0.648. The van der Waals surface area contributed by atoms with Gasteiger partial charge in [-0.2, -0.15) is 0 Å². The molecule has 3 nitrogen and oxygen atoms in total. The van der Waals surface area contributed by atoms with E-state index in [1.165, 1.54) is 6.07 Å². The van der Waals surface area contributed by atoms with Crippen molar-refractivity contribution in [2.24, 2.45) is 17.0 Å². The maximum Gasteiger partial charge on any atom is 0.130 e. The van der Waals surface area contributed by atoms with Gasteiger partial charge in [0, 0.05) is 17.4 Å². The number of hydrogen-bond donors (Lipinski definition) is 1. The van der Waals surface area contributed by atoms with E-state index >= 15 is 0 Å². The number of fused-ring (bicyclic) bond motifs is 4. The van der Waals surface area contributed by atoms with E-state index < -0.39 is 0 Å². The monoisotopic (exact) mass is 319 g/mol. The van der Waals surface area contributed by atoms with Crippen LogP contribution in [0.3, 0.4) is 0 Å². The topological polar surface area (TPSA) is 41.8 Å². The van der Waals surface area contributed by atoms with Crippen molar-refractivity contribution in [3.8, 4) is 5.75 Å². The summed E-state index contributed by atoms with van der Waals surface area (Å²) in [5.74, 6) is 0.947. The summed E-state index contributed by atoms with van der Waals surface area (Å²) in [5.41, 5.74) is 2.29. The molecule has 2 aliphatic rings. The van der Waals surface area contributed by atoms with E-state index in [2.05, 4.69) is 19.0 Å². The first-order valence-electron chi connectivity index (χ1n) is 8.61. The highest BCUT2D eigenvalue weighted by Crippen LogP contribution is 2.50. The molecule has 0 aliphatic heterocycles. The number of hydrogen-bond acceptors (Lipinski definition) is 3. The summed E-state index contributed by atoms with van der Waals surface area (Å²) in [6, 6.07) is 3.45. The van der Waals surface area contributed by atoms with Crippen molar-refractivity contribution in [1.82, 2.24) is 0 Å². The van der Waals surface area contributed by atoms with Gasteiger partial charge >= 0.3 is 0 Å². The molecular weight excluding hydrogens is 293 g/mol. The van der Waals surface area contributed by atoms with Crippen LogP contribution in [0, 0.1) is 17.7 Å². The molecule has 3 rings (SSSR count). The maximum atomic E-state index is 14.7. The molecule has 2 bridgehead atoms. The second-order valence-corrected chi connectivity index (χ2v) is 7.45. The number of methoxy groups -OCH3 is 1. The molecule has 1 saturated carbocycles. The second kappa shape index (κ2) is 6.14. The van der Waals surface area contributed by atoms with Gasteiger partial charge in [0.2, 0.25) is 0 Å². The van der Waals surface area contributed by atoms with E-state index in [0.717, 1.165) is 48.9 Å². The summed E-state index contributed by atoms with van der Waals surface area (Å²) in [6.07, 6.45) is 5.59. The first kappa shape index (κ1) is 16.3. The Morgan fingerprint density at radius 2 is 2.17 bits per heavy atom. The van der Waals surface area contributed by atoms with Crippen molar-refractivity contribution in [3.63, 3.8) is 0 Å². The average Bonchev–Trinajstić information content (AvgIpc) is 2.63. The molecule has 0 radical (unpaired) electrons. The van der Waals surface area contributed by atoms with Crippen LogP contribution in [0.1, 0.15) is 57.1 Å². The number of halogens is 1. The van der Waals surface area contributed by atoms with Gasteiger partial charge in [0.15, 0.2) is 0 Å². The molecular formula is C19H26FNO2. The van der Waals surface area contributed by atoms with Crippen LogP contribution in [0.2, 0.25) is 0 Å². The van der Waals surface area contributed by atoms with Gasteiger partial charge < -0.3 is 9.94 Å². The number of rotatable bonds is 3. The molecule has 0 heterocycles. The number of benzene rings is 1. The fraction of sp³-hybridized carbons (Fsp3) is 0.632. The molecule has 0 saturated heterocycles. The Morgan fingerprint density at radius 3 is 2.83 bits per heavy atom. The van der Waals surface area contributed by atoms with Crippen LogP contribution in [0.5, 0.6) is 5.75 Å². The Labute approximate surface area is 137 Å². The molecule has 0 amide bonds. The molecule has 1 N–H and O–H groups in total. The van der Waals surface area contributed by atoms with Gasteiger partial charge in [0.05, 0.1) is 12.8 Å². The predicted octanol–water partition coefficient (Wildman–Crippen LogP) is 4.69. The summed E-state index contributed by atoms with van der Waals surface area (Å²) in [7, 11) is 1.57. The molecule has 2 atom stereocenters. The lowest BCUT2D eigenvalue weighted by atomic mass is 9.60. The number of nitrogens with zero attached hydrogens (tertiary/aromatic N) is 1. The van der Waals surface area contributed by atoms with Crippen molar-refractivity contribution in [2.45, 2.75) is 57.8 Å². The van der Waals surface area contributed by atoms with Crippen LogP contribution in [-0.2, 0) is 11.8 Å². The lowest BCUT2D eigenvalue weighted by Gasteiger charge is -2.43. The molecule has 0 spiro atoms. The van der Waals surface area contributed by atoms with Crippen molar-refractivity contribution < 1.29 is 14.3 Å². The highest BCUT2D eigenvalue weighted by molar-refractivity contribution is 5.98. The molecule has 0 aromatic heterocycles. The van der Waals surface area contributed by atoms with Gasteiger partial charge in [-0.3, -0.25) is 0 Å². The zero-order valence-corrected chi connectivity index (χ0v) is 14.2. The summed E-state index contributed by atoms with van der Waals surface area (Å²) >= 11 is 0. The van der Waals surface area contributed by atoms with E-state index in [-0.39, 0.29) is 17.2 Å². The Hall–Kier alpha value is -1.58. The first-order chi connectivity index (χ1) is 11.0. The molecule has 126 valence electrons. The third-order valence-electron chi connectivity index (χ3n) is 5.52. The van der Waals surface area contributed by atoms with E-state index in [1.54, 1.807) is 7.11 Å². The third kappa shape index (κ3) is 2.62. The lowest BCUT2D eigenvalue weighted by Crippen LogP contribution is -2.45. The molecule has 2 unspecified atom stereocenters. The first-order valence-corrected chi connectivity index (χ1v) is 8.61. The summed E-state index contributed by atoms with van der Waals surface area (Å²) in [6.45, 7) is 4.35. The van der Waals surface area contributed by atoms with Crippen LogP contribution < -0.4 is 4.74 Å². The Kier molecular flexibility index (Phi) is 4.35. The summed E-state index contributed by atoms with van der Waals surface area (Å²) in [5, 5.41) is 13.5. The minimum absolute atomic E-state index is 0.150. The minimum Gasteiger partial charge on any atom is -0.497 e. The Balaban J connectivity index is 2.27. The van der Waals surface area contributed by atoms with Crippen LogP contribution in [-0.4, -0.2) is 18.0 Å². The molecule has 1 fully saturated rings. The van der Waals surface area contributed by atoms with Crippen molar-refractivity contribution in [1.29, 1.82) is 0 Å². The molecule has 1 aromatic rings. The van der Waals surface area contributed by atoms with Gasteiger partial charge in [-0.05, 0) is 48.8 Å². The molecule has 2 aliphatic carbocycles. The van der Waals surface area contributed by atoms with Gasteiger partial charge in [0.1, 0.15) is 11.6 Å². The normalized spacial score (nSPS) is 28.6. The van der Waals surface area contributed by atoms with Gasteiger partial charge in [-0.25, -0.2) is 4.39 Å². The molecule has 1 aromatic carbocycles. The Morgan fingerprint density at radius 1 is 1.39 bits per heavy atom. The van der Waals surface area contributed by atoms with Crippen LogP contribution in [0.15, 0.2) is 17.3 Å². The minimum atomic E-state index is -0.354. The SMILES string of the molecule is COc1cc(F)c2c(c1)C1(CC(C)C)CCCCC(C2)/C1=N/O. The Bertz CT molecular complexity index is 626. The predicted molar refractivity (Wildman–Crippen MR) is 89.0 cm³/mol. The number of oxime groups is 1. The number of ether oxygens (including phenoxy) is 1. The lowest BCUT2D eigenvalue weighted by molar-refractivity contribution is 0.294. The van der Waals surface area contributed by atoms with Crippen molar-refractivity contribution >= 4 is 5.71 Å². The second-order valence-electron chi connectivity index (χ2n) is 7.45. The highest BCUT2D eigenvalue weighted by Gasteiger charge is 2.48. The average molecular weight is 319 g/mol.